The van der Waals surface area contributed by atoms with Crippen LogP contribution in [0.1, 0.15) is 24.0 Å². The number of nitrogens with one attached hydrogen (secondary N) is 2. The van der Waals surface area contributed by atoms with Crippen LogP contribution < -0.4 is 15.4 Å². The summed E-state index contributed by atoms with van der Waals surface area (Å²) in [5, 5.41) is 6.04. The van der Waals surface area contributed by atoms with Gasteiger partial charge in [-0.05, 0) is 67.9 Å². The van der Waals surface area contributed by atoms with Gasteiger partial charge < -0.3 is 15.4 Å². The molecule has 0 atom stereocenters. The van der Waals surface area contributed by atoms with Crippen LogP contribution >= 0.6 is 12.2 Å². The second-order valence-electron chi connectivity index (χ2n) is 5.64. The third-order valence-electron chi connectivity index (χ3n) is 3.29. The van der Waals surface area contributed by atoms with Crippen molar-refractivity contribution >= 4 is 28.9 Å². The summed E-state index contributed by atoms with van der Waals surface area (Å²) in [6, 6.07) is 15.6. The van der Waals surface area contributed by atoms with Crippen molar-refractivity contribution in [3.05, 3.63) is 59.7 Å². The van der Waals surface area contributed by atoms with Crippen LogP contribution in [0.2, 0.25) is 0 Å². The Kier molecular flexibility index (Phi) is 6.75. The number of carbonyl (C=O) groups is 1. The van der Waals surface area contributed by atoms with Crippen molar-refractivity contribution in [1.29, 1.82) is 0 Å². The van der Waals surface area contributed by atoms with Crippen molar-refractivity contribution < 1.29 is 9.53 Å². The number of ether oxygens (including phenoxy) is 1. The van der Waals surface area contributed by atoms with Gasteiger partial charge in [0.25, 0.3) is 0 Å². The van der Waals surface area contributed by atoms with E-state index in [0.29, 0.717) is 24.6 Å². The van der Waals surface area contributed by atoms with Crippen LogP contribution in [0.5, 0.6) is 5.75 Å². The average Bonchev–Trinajstić information content (AvgIpc) is 2.51. The third-order valence-corrected chi connectivity index (χ3v) is 3.50. The molecule has 24 heavy (non-hydrogen) atoms. The first-order chi connectivity index (χ1) is 11.5. The molecule has 0 saturated heterocycles. The molecular weight excluding hydrogens is 320 g/mol. The van der Waals surface area contributed by atoms with E-state index in [4.69, 9.17) is 17.0 Å². The summed E-state index contributed by atoms with van der Waals surface area (Å²) in [6.45, 7) is 4.54. The summed E-state index contributed by atoms with van der Waals surface area (Å²) in [7, 11) is 0. The standard InChI is InChI=1S/C19H22N2O2S/c1-14-11-15(2)13-16(12-14)20-19(24)21-18(22)9-6-10-23-17-7-4-3-5-8-17/h3-5,7-8,11-13H,6,9-10H2,1-2H3,(H2,20,21,22,24). The highest BCUT2D eigenvalue weighted by Gasteiger charge is 2.05. The summed E-state index contributed by atoms with van der Waals surface area (Å²) in [4.78, 5) is 11.9. The van der Waals surface area contributed by atoms with Crippen molar-refractivity contribution in [1.82, 2.24) is 5.32 Å². The van der Waals surface area contributed by atoms with Gasteiger partial charge in [0, 0.05) is 12.1 Å². The quantitative estimate of drug-likeness (QED) is 0.616. The zero-order chi connectivity index (χ0) is 17.4. The Morgan fingerprint density at radius 1 is 1.08 bits per heavy atom. The molecule has 0 aliphatic heterocycles. The Bertz CT molecular complexity index is 682. The molecule has 0 unspecified atom stereocenters. The van der Waals surface area contributed by atoms with Crippen LogP contribution in [0.4, 0.5) is 5.69 Å². The second kappa shape index (κ2) is 9.03. The first-order valence-corrected chi connectivity index (χ1v) is 8.31. The zero-order valence-corrected chi connectivity index (χ0v) is 14.8. The fraction of sp³-hybridized carbons (Fsp3) is 0.263. The number of hydrogen-bond donors (Lipinski definition) is 2. The van der Waals surface area contributed by atoms with E-state index in [0.717, 1.165) is 22.6 Å². The van der Waals surface area contributed by atoms with E-state index in [1.165, 1.54) is 0 Å². The lowest BCUT2D eigenvalue weighted by atomic mass is 10.1. The lowest BCUT2D eigenvalue weighted by Gasteiger charge is -2.11. The van der Waals surface area contributed by atoms with Crippen molar-refractivity contribution in [3.63, 3.8) is 0 Å². The van der Waals surface area contributed by atoms with Crippen molar-refractivity contribution in [2.75, 3.05) is 11.9 Å². The van der Waals surface area contributed by atoms with Crippen LogP contribution in [-0.2, 0) is 4.79 Å². The molecule has 2 N–H and O–H groups in total. The molecular formula is C19H22N2O2S. The Hall–Kier alpha value is -2.40. The fourth-order valence-electron chi connectivity index (χ4n) is 2.34. The Balaban J connectivity index is 1.69. The van der Waals surface area contributed by atoms with Crippen LogP contribution in [-0.4, -0.2) is 17.6 Å². The SMILES string of the molecule is Cc1cc(C)cc(NC(=S)NC(=O)CCCOc2ccccc2)c1. The second-order valence-corrected chi connectivity index (χ2v) is 6.05. The molecule has 0 saturated carbocycles. The molecule has 0 aliphatic rings. The summed E-state index contributed by atoms with van der Waals surface area (Å²) >= 11 is 5.18. The minimum atomic E-state index is -0.117. The number of rotatable bonds is 6. The van der Waals surface area contributed by atoms with E-state index in [9.17, 15) is 4.79 Å². The van der Waals surface area contributed by atoms with Gasteiger partial charge in [0.2, 0.25) is 5.91 Å². The van der Waals surface area contributed by atoms with Crippen molar-refractivity contribution in [2.45, 2.75) is 26.7 Å². The van der Waals surface area contributed by atoms with Gasteiger partial charge in [0.1, 0.15) is 5.75 Å². The zero-order valence-electron chi connectivity index (χ0n) is 14.0. The van der Waals surface area contributed by atoms with Crippen molar-refractivity contribution in [2.24, 2.45) is 0 Å². The van der Waals surface area contributed by atoms with E-state index in [-0.39, 0.29) is 5.91 Å². The lowest BCUT2D eigenvalue weighted by Crippen LogP contribution is -2.34. The maximum Gasteiger partial charge on any atom is 0.226 e. The molecule has 0 aliphatic carbocycles. The highest BCUT2D eigenvalue weighted by molar-refractivity contribution is 7.80. The minimum absolute atomic E-state index is 0.117. The Morgan fingerprint density at radius 3 is 2.42 bits per heavy atom. The largest absolute Gasteiger partial charge is 0.494 e. The molecule has 0 aromatic heterocycles. The number of aryl methyl sites for hydroxylation is 2. The number of benzene rings is 2. The highest BCUT2D eigenvalue weighted by atomic mass is 32.1. The Labute approximate surface area is 148 Å². The van der Waals surface area contributed by atoms with Gasteiger partial charge in [-0.1, -0.05) is 24.3 Å². The lowest BCUT2D eigenvalue weighted by molar-refractivity contribution is -0.119. The molecule has 2 rings (SSSR count). The van der Waals surface area contributed by atoms with Crippen LogP contribution in [0, 0.1) is 13.8 Å². The molecule has 0 spiro atoms. The maximum atomic E-state index is 11.9. The molecule has 5 heteroatoms. The van der Waals surface area contributed by atoms with Crippen LogP contribution in [0.15, 0.2) is 48.5 Å². The number of hydrogen-bond acceptors (Lipinski definition) is 3. The predicted octanol–water partition coefficient (Wildman–Crippen LogP) is 3.98. The number of carbonyl (C=O) groups excluding carboxylic acids is 1. The van der Waals surface area contributed by atoms with Crippen molar-refractivity contribution in [3.8, 4) is 5.75 Å². The minimum Gasteiger partial charge on any atom is -0.494 e. The first kappa shape index (κ1) is 17.9. The Morgan fingerprint density at radius 2 is 1.75 bits per heavy atom. The van der Waals surface area contributed by atoms with Gasteiger partial charge in [0.05, 0.1) is 6.61 Å². The van der Waals surface area contributed by atoms with Gasteiger partial charge >= 0.3 is 0 Å². The molecule has 126 valence electrons. The number of thiocarbonyl (C=S) groups is 1. The van der Waals surface area contributed by atoms with E-state index in [1.54, 1.807) is 0 Å². The molecule has 0 fully saturated rings. The topological polar surface area (TPSA) is 50.4 Å². The molecule has 1 amide bonds. The van der Waals surface area contributed by atoms with Gasteiger partial charge in [-0.2, -0.15) is 0 Å². The fourth-order valence-corrected chi connectivity index (χ4v) is 2.57. The van der Waals surface area contributed by atoms with Gasteiger partial charge in [-0.25, -0.2) is 0 Å². The summed E-state index contributed by atoms with van der Waals surface area (Å²) < 4.78 is 5.55. The predicted molar refractivity (Wildman–Crippen MR) is 101 cm³/mol. The highest BCUT2D eigenvalue weighted by Crippen LogP contribution is 2.13. The number of para-hydroxylation sites is 1. The first-order valence-electron chi connectivity index (χ1n) is 7.90. The molecule has 0 radical (unpaired) electrons. The average molecular weight is 342 g/mol. The molecule has 2 aromatic rings. The number of anilines is 1. The van der Waals surface area contributed by atoms with E-state index in [2.05, 4.69) is 16.7 Å². The molecule has 0 bridgehead atoms. The third kappa shape index (κ3) is 6.38. The molecule has 0 heterocycles. The van der Waals surface area contributed by atoms with Crippen LogP contribution in [0.25, 0.3) is 0 Å². The monoisotopic (exact) mass is 342 g/mol. The molecule has 2 aromatic carbocycles. The number of amides is 1. The van der Waals surface area contributed by atoms with E-state index in [1.807, 2.05) is 56.3 Å². The van der Waals surface area contributed by atoms with Gasteiger partial charge in [0.15, 0.2) is 5.11 Å². The van der Waals surface area contributed by atoms with Crippen LogP contribution in [0.3, 0.4) is 0 Å². The summed E-state index contributed by atoms with van der Waals surface area (Å²) in [5.41, 5.74) is 3.17. The van der Waals surface area contributed by atoms with E-state index >= 15 is 0 Å². The van der Waals surface area contributed by atoms with E-state index < -0.39 is 0 Å². The summed E-state index contributed by atoms with van der Waals surface area (Å²) in [6.07, 6.45) is 0.994. The summed E-state index contributed by atoms with van der Waals surface area (Å²) in [5.74, 6) is 0.693. The van der Waals surface area contributed by atoms with Gasteiger partial charge in [-0.15, -0.1) is 0 Å². The smallest absolute Gasteiger partial charge is 0.226 e. The maximum absolute atomic E-state index is 11.9. The molecule has 4 nitrogen and oxygen atoms in total. The normalized spacial score (nSPS) is 10.1. The van der Waals surface area contributed by atoms with Gasteiger partial charge in [-0.3, -0.25) is 4.79 Å².